The van der Waals surface area contributed by atoms with Crippen LogP contribution in [0.15, 0.2) is 69.6 Å². The van der Waals surface area contributed by atoms with Crippen molar-refractivity contribution in [2.24, 2.45) is 15.0 Å². The second-order valence-corrected chi connectivity index (χ2v) is 9.73. The largest absolute Gasteiger partial charge is 0.496 e. The summed E-state index contributed by atoms with van der Waals surface area (Å²) in [4.78, 5) is 15.0. The number of nitrogens with zero attached hydrogens (tertiary/aromatic N) is 3. The van der Waals surface area contributed by atoms with Crippen molar-refractivity contribution in [3.05, 3.63) is 71.3 Å². The average molecular weight is 682 g/mol. The molecule has 1 fully saturated rings. The van der Waals surface area contributed by atoms with E-state index in [0.717, 1.165) is 36.0 Å². The van der Waals surface area contributed by atoms with E-state index in [0.29, 0.717) is 34.5 Å². The van der Waals surface area contributed by atoms with Crippen molar-refractivity contribution < 1.29 is 61.3 Å². The molecule has 0 aromatic heterocycles. The zero-order valence-electron chi connectivity index (χ0n) is 28.1. The van der Waals surface area contributed by atoms with Gasteiger partial charge in [0.15, 0.2) is 0 Å². The lowest BCUT2D eigenvalue weighted by Gasteiger charge is -2.29. The van der Waals surface area contributed by atoms with E-state index in [9.17, 15) is 0 Å². The number of ether oxygens (including phenoxy) is 6. The molecule has 270 valence electrons. The summed E-state index contributed by atoms with van der Waals surface area (Å²) in [5.41, 5.74) is 2.39. The van der Waals surface area contributed by atoms with Crippen LogP contribution in [0.2, 0.25) is 0 Å². The van der Waals surface area contributed by atoms with Gasteiger partial charge < -0.3 is 61.3 Å². The lowest BCUT2D eigenvalue weighted by atomic mass is 9.87. The Labute approximate surface area is 280 Å². The molecule has 0 bridgehead atoms. The summed E-state index contributed by atoms with van der Waals surface area (Å²) in [5, 5.41) is 0. The molecule has 0 heterocycles. The Bertz CT molecular complexity index is 1190. The minimum absolute atomic E-state index is 0. The summed E-state index contributed by atoms with van der Waals surface area (Å²) in [6, 6.07) is 17.0. The minimum Gasteiger partial charge on any atom is -0.496 e. The third kappa shape index (κ3) is 11.5. The number of hydrogen-bond acceptors (Lipinski definition) is 9. The van der Waals surface area contributed by atoms with Crippen molar-refractivity contribution in [3.63, 3.8) is 0 Å². The summed E-state index contributed by atoms with van der Waals surface area (Å²) in [6.45, 7) is 0. The van der Waals surface area contributed by atoms with Crippen molar-refractivity contribution in [3.8, 4) is 34.5 Å². The van der Waals surface area contributed by atoms with Crippen LogP contribution >= 0.6 is 0 Å². The SMILES string of the molecule is COc1cccc(OC)c1C=NC1CC(N=Cc2c(OC)cccc2OC)CC(N=Cc2c(OC)cccc2OC)C1.O.O.O.O.O.O. The van der Waals surface area contributed by atoms with E-state index in [1.807, 2.05) is 73.2 Å². The molecule has 1 saturated carbocycles. The molecule has 0 spiro atoms. The van der Waals surface area contributed by atoms with Crippen LogP contribution in [0.25, 0.3) is 0 Å². The maximum atomic E-state index is 5.57. The van der Waals surface area contributed by atoms with Crippen molar-refractivity contribution in [1.29, 1.82) is 0 Å². The zero-order valence-corrected chi connectivity index (χ0v) is 28.1. The first kappa shape index (κ1) is 47.6. The van der Waals surface area contributed by atoms with Gasteiger partial charge in [-0.05, 0) is 55.7 Å². The Morgan fingerprint density at radius 1 is 0.396 bits per heavy atom. The molecule has 3 aromatic rings. The molecule has 1 aliphatic carbocycles. The van der Waals surface area contributed by atoms with Gasteiger partial charge in [-0.3, -0.25) is 15.0 Å². The van der Waals surface area contributed by atoms with Gasteiger partial charge in [-0.2, -0.15) is 0 Å². The Hall–Kier alpha value is -4.77. The first-order valence-corrected chi connectivity index (χ1v) is 13.8. The molecule has 12 N–H and O–H groups in total. The topological polar surface area (TPSA) is 281 Å². The normalized spacial score (nSPS) is 16.5. The molecular formula is C33H51N3O12. The minimum atomic E-state index is -0.0307. The molecule has 0 unspecified atom stereocenters. The molecule has 0 amide bonds. The van der Waals surface area contributed by atoms with Crippen LogP contribution in [0, 0.1) is 0 Å². The van der Waals surface area contributed by atoms with Crippen LogP contribution < -0.4 is 28.4 Å². The summed E-state index contributed by atoms with van der Waals surface area (Å²) >= 11 is 0. The van der Waals surface area contributed by atoms with Gasteiger partial charge in [-0.15, -0.1) is 0 Å². The quantitative estimate of drug-likeness (QED) is 0.248. The molecule has 0 atom stereocenters. The van der Waals surface area contributed by atoms with Gasteiger partial charge in [0.1, 0.15) is 34.5 Å². The number of aliphatic imine (C=N–C) groups is 3. The summed E-state index contributed by atoms with van der Waals surface area (Å²) in [7, 11) is 9.84. The van der Waals surface area contributed by atoms with E-state index in [4.69, 9.17) is 43.4 Å². The molecule has 0 saturated heterocycles. The standard InChI is InChI=1S/C33H39N3O6.6H2O/c1-37-28-10-7-11-29(38-2)25(28)19-34-22-16-23(35-20-26-30(39-3)12-8-13-31(26)40-4)18-24(17-22)36-21-27-32(41-5)14-9-15-33(27)42-6;;;;;;/h7-15,19-24H,16-18H2,1-6H3;6*1H2. The van der Waals surface area contributed by atoms with Gasteiger partial charge in [-0.25, -0.2) is 0 Å². The fourth-order valence-electron chi connectivity index (χ4n) is 5.16. The van der Waals surface area contributed by atoms with Crippen molar-refractivity contribution in [2.75, 3.05) is 42.7 Å². The highest BCUT2D eigenvalue weighted by Gasteiger charge is 2.28. The van der Waals surface area contributed by atoms with Crippen molar-refractivity contribution >= 4 is 18.6 Å². The summed E-state index contributed by atoms with van der Waals surface area (Å²) < 4.78 is 33.4. The molecular weight excluding hydrogens is 630 g/mol. The van der Waals surface area contributed by atoms with E-state index in [1.165, 1.54) is 0 Å². The molecule has 15 nitrogen and oxygen atoms in total. The molecule has 15 heteroatoms. The van der Waals surface area contributed by atoms with Gasteiger partial charge in [0.05, 0.1) is 77.5 Å². The summed E-state index contributed by atoms with van der Waals surface area (Å²) in [6.07, 6.45) is 7.77. The highest BCUT2D eigenvalue weighted by atomic mass is 16.5. The lowest BCUT2D eigenvalue weighted by Crippen LogP contribution is -2.30. The second-order valence-electron chi connectivity index (χ2n) is 9.73. The van der Waals surface area contributed by atoms with Crippen LogP contribution in [0.3, 0.4) is 0 Å². The summed E-state index contributed by atoms with van der Waals surface area (Å²) in [5.74, 6) is 4.19. The fourth-order valence-corrected chi connectivity index (χ4v) is 5.16. The van der Waals surface area contributed by atoms with Gasteiger partial charge in [0.2, 0.25) is 0 Å². The Morgan fingerprint density at radius 2 is 0.583 bits per heavy atom. The van der Waals surface area contributed by atoms with Gasteiger partial charge in [-0.1, -0.05) is 18.2 Å². The smallest absolute Gasteiger partial charge is 0.131 e. The molecule has 0 radical (unpaired) electrons. The van der Waals surface area contributed by atoms with Crippen LogP contribution in [-0.2, 0) is 0 Å². The van der Waals surface area contributed by atoms with E-state index in [2.05, 4.69) is 0 Å². The van der Waals surface area contributed by atoms with Crippen molar-refractivity contribution in [2.45, 2.75) is 37.4 Å². The van der Waals surface area contributed by atoms with E-state index < -0.39 is 0 Å². The first-order chi connectivity index (χ1) is 20.5. The molecule has 4 rings (SSSR count). The van der Waals surface area contributed by atoms with Gasteiger partial charge in [0, 0.05) is 18.6 Å². The first-order valence-electron chi connectivity index (χ1n) is 13.8. The van der Waals surface area contributed by atoms with Gasteiger partial charge >= 0.3 is 0 Å². The Balaban J connectivity index is -0.00000337. The highest BCUT2D eigenvalue weighted by molar-refractivity contribution is 5.89. The maximum Gasteiger partial charge on any atom is 0.131 e. The number of rotatable bonds is 12. The maximum absolute atomic E-state index is 5.57. The predicted octanol–water partition coefficient (Wildman–Crippen LogP) is 0.737. The van der Waals surface area contributed by atoms with Crippen LogP contribution in [0.5, 0.6) is 34.5 Å². The zero-order chi connectivity index (χ0) is 29.9. The number of methoxy groups -OCH3 is 6. The highest BCUT2D eigenvalue weighted by Crippen LogP contribution is 2.32. The van der Waals surface area contributed by atoms with Crippen LogP contribution in [0.4, 0.5) is 0 Å². The molecule has 0 aliphatic heterocycles. The number of hydrogen-bond donors (Lipinski definition) is 0. The van der Waals surface area contributed by atoms with Crippen LogP contribution in [-0.4, -0.2) is 112 Å². The fraction of sp³-hybridized carbons (Fsp3) is 0.364. The molecule has 48 heavy (non-hydrogen) atoms. The lowest BCUT2D eigenvalue weighted by molar-refractivity contribution is 0.357. The van der Waals surface area contributed by atoms with E-state index >= 15 is 0 Å². The van der Waals surface area contributed by atoms with E-state index in [1.54, 1.807) is 42.7 Å². The van der Waals surface area contributed by atoms with Gasteiger partial charge in [0.25, 0.3) is 0 Å². The molecule has 3 aromatic carbocycles. The second kappa shape index (κ2) is 23.5. The third-order valence-corrected chi connectivity index (χ3v) is 7.27. The number of benzene rings is 3. The van der Waals surface area contributed by atoms with Crippen LogP contribution in [0.1, 0.15) is 36.0 Å². The predicted molar refractivity (Wildman–Crippen MR) is 188 cm³/mol. The third-order valence-electron chi connectivity index (χ3n) is 7.27. The van der Waals surface area contributed by atoms with Crippen molar-refractivity contribution in [1.82, 2.24) is 0 Å². The average Bonchev–Trinajstić information content (AvgIpc) is 3.04. The Morgan fingerprint density at radius 3 is 0.750 bits per heavy atom. The Kier molecular flexibility index (Phi) is 23.4. The molecule has 1 aliphatic rings. The monoisotopic (exact) mass is 681 g/mol. The van der Waals surface area contributed by atoms with E-state index in [-0.39, 0.29) is 51.0 Å².